The van der Waals surface area contributed by atoms with Crippen molar-refractivity contribution in [2.24, 2.45) is 0 Å². The molecule has 0 radical (unpaired) electrons. The van der Waals surface area contributed by atoms with Gasteiger partial charge < -0.3 is 21.1 Å². The Morgan fingerprint density at radius 1 is 1.03 bits per heavy atom. The summed E-state index contributed by atoms with van der Waals surface area (Å²) in [5.74, 6) is 0.0505. The summed E-state index contributed by atoms with van der Waals surface area (Å²) in [6, 6.07) is 16.3. The minimum Gasteiger partial charge on any atom is -0.384 e. The van der Waals surface area contributed by atoms with E-state index in [1.807, 2.05) is 50.2 Å². The Hall–Kier alpha value is -4.30. The molecule has 2 bridgehead atoms. The van der Waals surface area contributed by atoms with Crippen molar-refractivity contribution in [1.82, 2.24) is 15.3 Å². The molecule has 0 spiro atoms. The molecular formula is C28H24FN5O2. The Kier molecular flexibility index (Phi) is 5.19. The first-order valence-electron chi connectivity index (χ1n) is 11.7. The highest BCUT2D eigenvalue weighted by Gasteiger charge is 2.43. The van der Waals surface area contributed by atoms with Crippen LogP contribution >= 0.6 is 0 Å². The number of benzene rings is 2. The van der Waals surface area contributed by atoms with Gasteiger partial charge in [-0.25, -0.2) is 14.4 Å². The van der Waals surface area contributed by atoms with Crippen molar-refractivity contribution < 1.29 is 13.9 Å². The standard InChI is InChI=1S/C28H24FN5O2/c1-14-10-24(30)33-15(2)22(14)13-32-28(35)16-5-7-18-20(11-16)26-21-12-17(6-8-19(21)25(18)36-26)34-27-23(29)4-3-9-31-27/h3-12,25-26H,13H2,1-2H3,(H2,30,33)(H,31,34)(H,32,35). The second kappa shape index (κ2) is 8.42. The number of nitrogen functional groups attached to an aromatic ring is 1. The van der Waals surface area contributed by atoms with Crippen molar-refractivity contribution in [3.8, 4) is 0 Å². The number of ether oxygens (including phenoxy) is 1. The maximum absolute atomic E-state index is 14.1. The molecule has 2 aromatic carbocycles. The van der Waals surface area contributed by atoms with Gasteiger partial charge in [0.15, 0.2) is 11.6 Å². The number of pyridine rings is 2. The molecule has 7 nitrogen and oxygen atoms in total. The summed E-state index contributed by atoms with van der Waals surface area (Å²) < 4.78 is 20.3. The van der Waals surface area contributed by atoms with Crippen LogP contribution < -0.4 is 16.4 Å². The fourth-order valence-corrected chi connectivity index (χ4v) is 5.10. The predicted octanol–water partition coefficient (Wildman–Crippen LogP) is 5.01. The summed E-state index contributed by atoms with van der Waals surface area (Å²) in [4.78, 5) is 21.4. The molecule has 1 amide bonds. The summed E-state index contributed by atoms with van der Waals surface area (Å²) in [6.07, 6.45) is 1.08. The Morgan fingerprint density at radius 3 is 2.56 bits per heavy atom. The van der Waals surface area contributed by atoms with Crippen molar-refractivity contribution in [2.75, 3.05) is 11.1 Å². The molecule has 2 aliphatic heterocycles. The van der Waals surface area contributed by atoms with Gasteiger partial charge in [0.2, 0.25) is 0 Å². The van der Waals surface area contributed by atoms with Gasteiger partial charge in [-0.2, -0.15) is 0 Å². The number of carbonyl (C=O) groups excluding carboxylic acids is 1. The molecule has 6 rings (SSSR count). The number of halogens is 1. The Balaban J connectivity index is 1.23. The van der Waals surface area contributed by atoms with Crippen LogP contribution in [-0.4, -0.2) is 15.9 Å². The van der Waals surface area contributed by atoms with Gasteiger partial charge in [-0.15, -0.1) is 0 Å². The van der Waals surface area contributed by atoms with E-state index in [9.17, 15) is 9.18 Å². The van der Waals surface area contributed by atoms with E-state index in [-0.39, 0.29) is 23.9 Å². The molecule has 0 aliphatic carbocycles. The van der Waals surface area contributed by atoms with Crippen LogP contribution in [0.1, 0.15) is 61.6 Å². The maximum Gasteiger partial charge on any atom is 0.251 e. The molecule has 4 aromatic rings. The number of nitrogens with two attached hydrogens (primary N) is 1. The summed E-state index contributed by atoms with van der Waals surface area (Å²) in [7, 11) is 0. The number of carbonyl (C=O) groups is 1. The van der Waals surface area contributed by atoms with Crippen molar-refractivity contribution in [3.05, 3.63) is 111 Å². The van der Waals surface area contributed by atoms with Crippen LogP contribution in [0.25, 0.3) is 0 Å². The fraction of sp³-hybridized carbons (Fsp3) is 0.179. The quantitative estimate of drug-likeness (QED) is 0.370. The number of aromatic nitrogens is 2. The number of hydrogen-bond acceptors (Lipinski definition) is 6. The van der Waals surface area contributed by atoms with Crippen LogP contribution in [0, 0.1) is 19.7 Å². The molecule has 36 heavy (non-hydrogen) atoms. The summed E-state index contributed by atoms with van der Waals surface area (Å²) in [5.41, 5.74) is 14.0. The Bertz CT molecular complexity index is 1510. The van der Waals surface area contributed by atoms with Crippen LogP contribution in [0.15, 0.2) is 60.8 Å². The normalized spacial score (nSPS) is 17.0. The first-order valence-corrected chi connectivity index (χ1v) is 11.7. The van der Waals surface area contributed by atoms with E-state index < -0.39 is 5.82 Å². The zero-order valence-corrected chi connectivity index (χ0v) is 19.8. The van der Waals surface area contributed by atoms with E-state index in [2.05, 4.69) is 20.6 Å². The van der Waals surface area contributed by atoms with Crippen LogP contribution in [0.3, 0.4) is 0 Å². The number of fused-ring (bicyclic) bond motifs is 8. The minimum absolute atomic E-state index is 0.169. The molecule has 4 N–H and O–H groups in total. The lowest BCUT2D eigenvalue weighted by atomic mass is 9.85. The largest absolute Gasteiger partial charge is 0.384 e. The number of hydrogen-bond donors (Lipinski definition) is 3. The summed E-state index contributed by atoms with van der Waals surface area (Å²) >= 11 is 0. The molecule has 180 valence electrons. The Labute approximate surface area is 207 Å². The molecule has 2 atom stereocenters. The van der Waals surface area contributed by atoms with Gasteiger partial charge in [-0.1, -0.05) is 12.1 Å². The second-order valence-electron chi connectivity index (χ2n) is 9.15. The van der Waals surface area contributed by atoms with Gasteiger partial charge in [-0.05, 0) is 89.7 Å². The van der Waals surface area contributed by atoms with Gasteiger partial charge in [0.05, 0.1) is 0 Å². The van der Waals surface area contributed by atoms with Gasteiger partial charge in [0.1, 0.15) is 18.0 Å². The first-order chi connectivity index (χ1) is 17.4. The van der Waals surface area contributed by atoms with Crippen molar-refractivity contribution in [3.63, 3.8) is 0 Å². The smallest absolute Gasteiger partial charge is 0.251 e. The maximum atomic E-state index is 14.1. The van der Waals surface area contributed by atoms with Crippen LogP contribution in [-0.2, 0) is 11.3 Å². The van der Waals surface area contributed by atoms with Crippen LogP contribution in [0.4, 0.5) is 21.7 Å². The number of amides is 1. The van der Waals surface area contributed by atoms with Gasteiger partial charge in [-0.3, -0.25) is 4.79 Å². The van der Waals surface area contributed by atoms with Gasteiger partial charge >= 0.3 is 0 Å². The molecule has 4 heterocycles. The highest BCUT2D eigenvalue weighted by molar-refractivity contribution is 5.94. The summed E-state index contributed by atoms with van der Waals surface area (Å²) in [5, 5.41) is 6.04. The van der Waals surface area contributed by atoms with Crippen molar-refractivity contribution in [1.29, 1.82) is 0 Å². The third-order valence-corrected chi connectivity index (χ3v) is 6.86. The van der Waals surface area contributed by atoms with E-state index in [0.29, 0.717) is 17.9 Å². The predicted molar refractivity (Wildman–Crippen MR) is 134 cm³/mol. The monoisotopic (exact) mass is 481 g/mol. The SMILES string of the molecule is Cc1cc(N)nc(C)c1CNC(=O)c1ccc2c(c1)C1OC2c2ccc(Nc3ncccc3F)cc21. The highest BCUT2D eigenvalue weighted by atomic mass is 19.1. The number of rotatable bonds is 5. The molecule has 0 saturated heterocycles. The zero-order chi connectivity index (χ0) is 25.0. The number of nitrogens with one attached hydrogen (secondary N) is 2. The molecular weight excluding hydrogens is 457 g/mol. The Morgan fingerprint density at radius 2 is 1.78 bits per heavy atom. The van der Waals surface area contributed by atoms with Gasteiger partial charge in [0, 0.05) is 29.7 Å². The van der Waals surface area contributed by atoms with Crippen LogP contribution in [0.2, 0.25) is 0 Å². The molecule has 8 heteroatoms. The molecule has 0 fully saturated rings. The number of aryl methyl sites for hydroxylation is 2. The lowest BCUT2D eigenvalue weighted by molar-refractivity contribution is 0.0857. The van der Waals surface area contributed by atoms with Gasteiger partial charge in [0.25, 0.3) is 5.91 Å². The van der Waals surface area contributed by atoms with E-state index in [4.69, 9.17) is 10.5 Å². The highest BCUT2D eigenvalue weighted by Crippen LogP contribution is 2.54. The molecule has 2 unspecified atom stereocenters. The molecule has 2 aliphatic rings. The third kappa shape index (κ3) is 3.67. The lowest BCUT2D eigenvalue weighted by Gasteiger charge is -2.18. The van der Waals surface area contributed by atoms with E-state index >= 15 is 0 Å². The second-order valence-corrected chi connectivity index (χ2v) is 9.15. The van der Waals surface area contributed by atoms with Crippen molar-refractivity contribution >= 4 is 23.2 Å². The molecule has 0 saturated carbocycles. The van der Waals surface area contributed by atoms with Crippen molar-refractivity contribution in [2.45, 2.75) is 32.6 Å². The first kappa shape index (κ1) is 22.2. The van der Waals surface area contributed by atoms with E-state index in [1.54, 1.807) is 18.3 Å². The minimum atomic E-state index is -0.420. The van der Waals surface area contributed by atoms with E-state index in [0.717, 1.165) is 44.8 Å². The van der Waals surface area contributed by atoms with E-state index in [1.165, 1.54) is 6.07 Å². The topological polar surface area (TPSA) is 102 Å². The number of nitrogens with zero attached hydrogens (tertiary/aromatic N) is 2. The average Bonchev–Trinajstić information content (AvgIpc) is 3.41. The lowest BCUT2D eigenvalue weighted by Crippen LogP contribution is -2.24. The summed E-state index contributed by atoms with van der Waals surface area (Å²) in [6.45, 7) is 4.21. The van der Waals surface area contributed by atoms with Crippen LogP contribution in [0.5, 0.6) is 0 Å². The average molecular weight is 482 g/mol. The number of anilines is 3. The third-order valence-electron chi connectivity index (χ3n) is 6.86. The molecule has 2 aromatic heterocycles. The fourth-order valence-electron chi connectivity index (χ4n) is 5.10. The zero-order valence-electron chi connectivity index (χ0n) is 19.8.